The van der Waals surface area contributed by atoms with Crippen molar-refractivity contribution in [1.29, 1.82) is 0 Å². The molecule has 0 aliphatic carbocycles. The van der Waals surface area contributed by atoms with E-state index < -0.39 is 6.04 Å². The number of amides is 1. The van der Waals surface area contributed by atoms with Gasteiger partial charge < -0.3 is 10.3 Å². The van der Waals surface area contributed by atoms with E-state index in [9.17, 15) is 14.4 Å². The highest BCUT2D eigenvalue weighted by Crippen LogP contribution is 2.20. The summed E-state index contributed by atoms with van der Waals surface area (Å²) in [5.74, 6) is -0.408. The van der Waals surface area contributed by atoms with E-state index in [0.717, 1.165) is 0 Å². The molecule has 1 unspecified atom stereocenters. The van der Waals surface area contributed by atoms with Crippen molar-refractivity contribution in [3.05, 3.63) is 52.8 Å². The van der Waals surface area contributed by atoms with Gasteiger partial charge in [-0.1, -0.05) is 18.2 Å². The monoisotopic (exact) mass is 355 g/mol. The average molecular weight is 355 g/mol. The van der Waals surface area contributed by atoms with Crippen molar-refractivity contribution in [3.63, 3.8) is 0 Å². The molecule has 6 heteroatoms. The molecule has 0 bridgehead atoms. The summed E-state index contributed by atoms with van der Waals surface area (Å²) in [4.78, 5) is 41.5. The van der Waals surface area contributed by atoms with Gasteiger partial charge in [0.25, 0.3) is 0 Å². The molecule has 2 N–H and O–H groups in total. The van der Waals surface area contributed by atoms with E-state index in [4.69, 9.17) is 0 Å². The summed E-state index contributed by atoms with van der Waals surface area (Å²) in [6, 6.07) is 8.66. The van der Waals surface area contributed by atoms with Crippen molar-refractivity contribution in [2.24, 2.45) is 0 Å². The zero-order chi connectivity index (χ0) is 19.4. The zero-order valence-corrected chi connectivity index (χ0v) is 15.8. The van der Waals surface area contributed by atoms with Crippen LogP contribution < -0.4 is 5.32 Å². The molecular formula is C20H25N3O3. The second-order valence-electron chi connectivity index (χ2n) is 6.55. The minimum absolute atomic E-state index is 0.0708. The van der Waals surface area contributed by atoms with E-state index in [1.807, 2.05) is 18.2 Å². The Balaban J connectivity index is 2.07. The van der Waals surface area contributed by atoms with Gasteiger partial charge in [0.15, 0.2) is 11.6 Å². The lowest BCUT2D eigenvalue weighted by Gasteiger charge is -2.23. The summed E-state index contributed by atoms with van der Waals surface area (Å²) in [7, 11) is 1.73. The number of rotatable bonds is 7. The lowest BCUT2D eigenvalue weighted by Crippen LogP contribution is -2.41. The number of aromatic amines is 1. The van der Waals surface area contributed by atoms with Crippen LogP contribution in [0.3, 0.4) is 0 Å². The molecule has 1 heterocycles. The molecule has 1 amide bonds. The summed E-state index contributed by atoms with van der Waals surface area (Å²) in [5.41, 5.74) is 3.05. The van der Waals surface area contributed by atoms with E-state index in [1.165, 1.54) is 6.92 Å². The predicted molar refractivity (Wildman–Crippen MR) is 102 cm³/mol. The largest absolute Gasteiger partial charge is 0.355 e. The van der Waals surface area contributed by atoms with E-state index in [2.05, 4.69) is 10.3 Å². The minimum Gasteiger partial charge on any atom is -0.355 e. The molecule has 2 aromatic rings. The Labute approximate surface area is 153 Å². The van der Waals surface area contributed by atoms with Gasteiger partial charge in [0.2, 0.25) is 5.91 Å². The maximum Gasteiger partial charge on any atom is 0.238 e. The predicted octanol–water partition coefficient (Wildman–Crippen LogP) is 2.98. The number of aryl methyl sites for hydroxylation is 1. The standard InChI is InChI=1S/C20H25N3O3/c1-12-18(15(4)24)13(2)21-19(12)20(26)14(3)23(5)11-17(25)22-16-9-7-6-8-10-16/h6-10,14,21H,11H2,1-5H3,(H,22,25). The van der Waals surface area contributed by atoms with Gasteiger partial charge in [0.1, 0.15) is 0 Å². The van der Waals surface area contributed by atoms with Gasteiger partial charge in [-0.25, -0.2) is 0 Å². The molecule has 138 valence electrons. The van der Waals surface area contributed by atoms with Crippen LogP contribution in [0.1, 0.15) is 46.0 Å². The second-order valence-corrected chi connectivity index (χ2v) is 6.55. The van der Waals surface area contributed by atoms with Crippen molar-refractivity contribution in [2.45, 2.75) is 33.7 Å². The Morgan fingerprint density at radius 3 is 2.31 bits per heavy atom. The Hall–Kier alpha value is -2.73. The number of Topliss-reactive ketones (excluding diaryl/α,β-unsaturated/α-hetero) is 2. The highest BCUT2D eigenvalue weighted by molar-refractivity contribution is 6.05. The van der Waals surface area contributed by atoms with Crippen LogP contribution in [0.4, 0.5) is 5.69 Å². The summed E-state index contributed by atoms with van der Waals surface area (Å²) < 4.78 is 0. The van der Waals surface area contributed by atoms with Crippen molar-refractivity contribution in [3.8, 4) is 0 Å². The number of benzene rings is 1. The Bertz CT molecular complexity index is 824. The van der Waals surface area contributed by atoms with Gasteiger partial charge in [-0.05, 0) is 52.4 Å². The molecule has 0 saturated carbocycles. The number of hydrogen-bond acceptors (Lipinski definition) is 4. The van der Waals surface area contributed by atoms with Gasteiger partial charge in [-0.3, -0.25) is 19.3 Å². The molecular weight excluding hydrogens is 330 g/mol. The fourth-order valence-electron chi connectivity index (χ4n) is 3.02. The summed E-state index contributed by atoms with van der Waals surface area (Å²) >= 11 is 0. The number of likely N-dealkylation sites (N-methyl/N-ethyl adjacent to an activating group) is 1. The van der Waals surface area contributed by atoms with Gasteiger partial charge >= 0.3 is 0 Å². The normalized spacial score (nSPS) is 12.1. The third kappa shape index (κ3) is 4.26. The molecule has 26 heavy (non-hydrogen) atoms. The lowest BCUT2D eigenvalue weighted by molar-refractivity contribution is -0.117. The Morgan fingerprint density at radius 1 is 1.15 bits per heavy atom. The first-order valence-electron chi connectivity index (χ1n) is 8.51. The fourth-order valence-corrected chi connectivity index (χ4v) is 3.02. The van der Waals surface area contributed by atoms with Crippen LogP contribution in [-0.2, 0) is 4.79 Å². The molecule has 0 saturated heterocycles. The molecule has 1 aromatic carbocycles. The average Bonchev–Trinajstić information content (AvgIpc) is 2.88. The van der Waals surface area contributed by atoms with Crippen LogP contribution in [0.15, 0.2) is 30.3 Å². The van der Waals surface area contributed by atoms with Crippen LogP contribution in [0.5, 0.6) is 0 Å². The van der Waals surface area contributed by atoms with Crippen molar-refractivity contribution in [2.75, 3.05) is 18.9 Å². The van der Waals surface area contributed by atoms with Crippen LogP contribution >= 0.6 is 0 Å². The van der Waals surface area contributed by atoms with E-state index in [-0.39, 0.29) is 24.0 Å². The summed E-state index contributed by atoms with van der Waals surface area (Å²) in [6.07, 6.45) is 0. The molecule has 0 aliphatic heterocycles. The van der Waals surface area contributed by atoms with Crippen LogP contribution in [0.2, 0.25) is 0 Å². The minimum atomic E-state index is -0.506. The van der Waals surface area contributed by atoms with Crippen LogP contribution in [-0.4, -0.2) is 47.0 Å². The topological polar surface area (TPSA) is 82.3 Å². The van der Waals surface area contributed by atoms with Crippen LogP contribution in [0.25, 0.3) is 0 Å². The molecule has 0 fully saturated rings. The molecule has 2 rings (SSSR count). The number of anilines is 1. The summed E-state index contributed by atoms with van der Waals surface area (Å²) in [5, 5.41) is 2.80. The first-order valence-corrected chi connectivity index (χ1v) is 8.51. The number of para-hydroxylation sites is 1. The number of H-pyrrole nitrogens is 1. The van der Waals surface area contributed by atoms with E-state index in [1.54, 1.807) is 44.9 Å². The Kier molecular flexibility index (Phi) is 6.10. The molecule has 0 spiro atoms. The smallest absolute Gasteiger partial charge is 0.238 e. The quantitative estimate of drug-likeness (QED) is 0.748. The molecule has 0 radical (unpaired) electrons. The van der Waals surface area contributed by atoms with Crippen molar-refractivity contribution < 1.29 is 14.4 Å². The van der Waals surface area contributed by atoms with Gasteiger partial charge in [0, 0.05) is 16.9 Å². The molecule has 6 nitrogen and oxygen atoms in total. The van der Waals surface area contributed by atoms with Crippen molar-refractivity contribution in [1.82, 2.24) is 9.88 Å². The number of hydrogen-bond donors (Lipinski definition) is 2. The molecule has 1 aromatic heterocycles. The van der Waals surface area contributed by atoms with Gasteiger partial charge in [-0.2, -0.15) is 0 Å². The number of nitrogens with one attached hydrogen (secondary N) is 2. The number of carbonyl (C=O) groups is 3. The lowest BCUT2D eigenvalue weighted by atomic mass is 10.0. The third-order valence-corrected chi connectivity index (χ3v) is 4.53. The number of carbonyl (C=O) groups excluding carboxylic acids is 3. The highest BCUT2D eigenvalue weighted by atomic mass is 16.2. The van der Waals surface area contributed by atoms with E-state index in [0.29, 0.717) is 28.2 Å². The first kappa shape index (κ1) is 19.6. The van der Waals surface area contributed by atoms with E-state index >= 15 is 0 Å². The molecule has 1 atom stereocenters. The number of ketones is 2. The highest BCUT2D eigenvalue weighted by Gasteiger charge is 2.26. The van der Waals surface area contributed by atoms with Crippen molar-refractivity contribution >= 4 is 23.2 Å². The fraction of sp³-hybridized carbons (Fsp3) is 0.350. The summed E-state index contributed by atoms with van der Waals surface area (Å²) in [6.45, 7) is 6.87. The third-order valence-electron chi connectivity index (χ3n) is 4.53. The first-order chi connectivity index (χ1) is 12.2. The Morgan fingerprint density at radius 2 is 1.77 bits per heavy atom. The molecule has 0 aliphatic rings. The van der Waals surface area contributed by atoms with Gasteiger partial charge in [0.05, 0.1) is 18.3 Å². The second kappa shape index (κ2) is 8.10. The number of aromatic nitrogens is 1. The maximum absolute atomic E-state index is 12.8. The zero-order valence-electron chi connectivity index (χ0n) is 15.8. The van der Waals surface area contributed by atoms with Gasteiger partial charge in [-0.15, -0.1) is 0 Å². The van der Waals surface area contributed by atoms with Crippen LogP contribution in [0, 0.1) is 13.8 Å². The number of nitrogens with zero attached hydrogens (tertiary/aromatic N) is 1. The maximum atomic E-state index is 12.8. The SMILES string of the molecule is CC(=O)c1c(C)[nH]c(C(=O)C(C)N(C)CC(=O)Nc2ccccc2)c1C.